The third kappa shape index (κ3) is 19.0. The predicted octanol–water partition coefficient (Wildman–Crippen LogP) is 13.0. The number of aliphatic hydroxyl groups is 3. The molecular weight excluding hydrogens is 827 g/mol. The number of benzene rings is 4. The minimum atomic E-state index is -4.82. The monoisotopic (exact) mass is 906 g/mol. The van der Waals surface area contributed by atoms with Crippen molar-refractivity contribution in [2.24, 2.45) is 0 Å². The van der Waals surface area contributed by atoms with Crippen LogP contribution in [0.5, 0.6) is 5.75 Å². The molecule has 4 rings (SSSR count). The zero-order valence-corrected chi connectivity index (χ0v) is 40.7. The van der Waals surface area contributed by atoms with Crippen LogP contribution < -0.4 is 4.74 Å². The fourth-order valence-corrected chi connectivity index (χ4v) is 9.76. The number of nitrogens with zero attached hydrogens (tertiary/aromatic N) is 1. The lowest BCUT2D eigenvalue weighted by Crippen LogP contribution is -2.50. The molecule has 0 bridgehead atoms. The van der Waals surface area contributed by atoms with Crippen molar-refractivity contribution in [1.29, 1.82) is 0 Å². The Morgan fingerprint density at radius 3 is 1.79 bits per heavy atom. The van der Waals surface area contributed by atoms with Gasteiger partial charge in [-0.25, -0.2) is 8.42 Å². The van der Waals surface area contributed by atoms with Crippen LogP contribution in [0, 0.1) is 0 Å². The zero-order chi connectivity index (χ0) is 45.9. The fourth-order valence-electron chi connectivity index (χ4n) is 7.93. The van der Waals surface area contributed by atoms with E-state index in [1.807, 2.05) is 30.3 Å². The van der Waals surface area contributed by atoms with Crippen molar-refractivity contribution in [1.82, 2.24) is 0 Å². The van der Waals surface area contributed by atoms with Crippen LogP contribution in [0.25, 0.3) is 11.1 Å². The largest absolute Gasteiger partial charge is 0.744 e. The molecule has 10 heteroatoms. The Hall–Kier alpha value is -3.22. The molecule has 0 heterocycles. The van der Waals surface area contributed by atoms with Crippen molar-refractivity contribution in [3.8, 4) is 16.9 Å². The first kappa shape index (κ1) is 54.1. The van der Waals surface area contributed by atoms with Crippen LogP contribution in [0.15, 0.2) is 106 Å². The molecule has 0 aliphatic rings. The lowest BCUT2D eigenvalue weighted by atomic mass is 9.91. The summed E-state index contributed by atoms with van der Waals surface area (Å²) in [4.78, 5) is 0.746. The summed E-state index contributed by atoms with van der Waals surface area (Å²) in [6, 6.07) is 26.4. The average Bonchev–Trinajstić information content (AvgIpc) is 3.30. The standard InChI is InChI=1S/C37H44O7S2.C16H36N/c1-2-3-24-44-30-18-20-31(21-19-30)45-35-22-17-27(26-36(35)46(41,42)43)32-14-8-9-15-33(32)37(40)29-13-11-12-28(25-29)34(39)16-7-5-4-6-10-23-38;1-5-9-13-17(14-10-6-2,15-11-7-3)16-12-8-4/h8-9,11-15,17-22,25-26,34,37-40H,2-7,10,16,23-24H2,1H3,(H,41,42,43);5-16H2,1-4H3/q;+1/p-1. The average molecular weight is 906 g/mol. The van der Waals surface area contributed by atoms with Crippen LogP contribution in [0.2, 0.25) is 0 Å². The van der Waals surface area contributed by atoms with E-state index in [1.54, 1.807) is 54.6 Å². The third-order valence-electron chi connectivity index (χ3n) is 11.8. The quantitative estimate of drug-likeness (QED) is 0.0268. The van der Waals surface area contributed by atoms with Gasteiger partial charge in [0.1, 0.15) is 22.0 Å². The molecule has 4 aromatic rings. The summed E-state index contributed by atoms with van der Waals surface area (Å²) in [6.07, 6.45) is 16.6. The van der Waals surface area contributed by atoms with Gasteiger partial charge < -0.3 is 29.1 Å². The first-order valence-corrected chi connectivity index (χ1v) is 26.2. The molecule has 0 amide bonds. The number of aliphatic hydroxyl groups excluding tert-OH is 3. The van der Waals surface area contributed by atoms with E-state index in [2.05, 4.69) is 34.6 Å². The molecule has 0 saturated carbocycles. The molecule has 2 atom stereocenters. The van der Waals surface area contributed by atoms with Crippen molar-refractivity contribution in [2.45, 2.75) is 164 Å². The Bertz CT molecular complexity index is 1920. The molecule has 3 N–H and O–H groups in total. The summed E-state index contributed by atoms with van der Waals surface area (Å²) in [7, 11) is -4.82. The lowest BCUT2D eigenvalue weighted by Gasteiger charge is -2.39. The van der Waals surface area contributed by atoms with Gasteiger partial charge in [-0.15, -0.1) is 0 Å². The SMILES string of the molecule is CCCCOc1ccc(Sc2ccc(-c3ccccc3C(O)c3cccc(C(O)CCCCCCCO)c3)cc2S(=O)(=O)[O-])cc1.CCCC[N+](CCCC)(CCCC)CCCC. The van der Waals surface area contributed by atoms with Crippen LogP contribution in [-0.4, -0.2) is 72.2 Å². The number of hydrogen-bond donors (Lipinski definition) is 3. The summed E-state index contributed by atoms with van der Waals surface area (Å²) in [6.45, 7) is 17.9. The molecule has 63 heavy (non-hydrogen) atoms. The molecular formula is C53H79NO7S2. The number of hydrogen-bond acceptors (Lipinski definition) is 8. The molecule has 0 saturated heterocycles. The van der Waals surface area contributed by atoms with E-state index in [0.29, 0.717) is 45.7 Å². The van der Waals surface area contributed by atoms with E-state index in [9.17, 15) is 23.2 Å². The van der Waals surface area contributed by atoms with Crippen molar-refractivity contribution in [3.05, 3.63) is 108 Å². The number of ether oxygens (including phenoxy) is 1. The van der Waals surface area contributed by atoms with Crippen molar-refractivity contribution in [2.75, 3.05) is 39.4 Å². The maximum Gasteiger partial charge on any atom is 0.125 e. The molecule has 350 valence electrons. The number of rotatable bonds is 30. The minimum absolute atomic E-state index is 0.203. The number of unbranched alkanes of at least 4 members (excludes halogenated alkanes) is 9. The Balaban J connectivity index is 0.000000525. The van der Waals surface area contributed by atoms with Gasteiger partial charge in [0.25, 0.3) is 0 Å². The Labute approximate surface area is 385 Å². The maximum absolute atomic E-state index is 12.4. The smallest absolute Gasteiger partial charge is 0.125 e. The van der Waals surface area contributed by atoms with Gasteiger partial charge in [0.05, 0.1) is 43.8 Å². The molecule has 4 aromatic carbocycles. The van der Waals surface area contributed by atoms with Crippen molar-refractivity contribution < 1.29 is 37.5 Å². The molecule has 0 aliphatic heterocycles. The van der Waals surface area contributed by atoms with E-state index in [1.165, 1.54) is 99.9 Å². The first-order chi connectivity index (χ1) is 30.4. The van der Waals surface area contributed by atoms with Gasteiger partial charge in [0.15, 0.2) is 0 Å². The van der Waals surface area contributed by atoms with Gasteiger partial charge in [-0.3, -0.25) is 0 Å². The Morgan fingerprint density at radius 2 is 1.21 bits per heavy atom. The molecule has 0 spiro atoms. The van der Waals surface area contributed by atoms with Gasteiger partial charge in [0.2, 0.25) is 0 Å². The topological polar surface area (TPSA) is 127 Å². The lowest BCUT2D eigenvalue weighted by molar-refractivity contribution is -0.929. The van der Waals surface area contributed by atoms with E-state index >= 15 is 0 Å². The van der Waals surface area contributed by atoms with E-state index in [-0.39, 0.29) is 11.5 Å². The van der Waals surface area contributed by atoms with Gasteiger partial charge >= 0.3 is 0 Å². The summed E-state index contributed by atoms with van der Waals surface area (Å²) in [5, 5.41) is 31.3. The Morgan fingerprint density at radius 1 is 0.635 bits per heavy atom. The molecule has 8 nitrogen and oxygen atoms in total. The second-order valence-electron chi connectivity index (χ2n) is 17.0. The highest BCUT2D eigenvalue weighted by Crippen LogP contribution is 2.39. The molecule has 0 radical (unpaired) electrons. The number of quaternary nitrogens is 1. The van der Waals surface area contributed by atoms with Gasteiger partial charge in [-0.05, 0) is 109 Å². The highest BCUT2D eigenvalue weighted by molar-refractivity contribution is 8.00. The van der Waals surface area contributed by atoms with Gasteiger partial charge in [-0.2, -0.15) is 0 Å². The minimum Gasteiger partial charge on any atom is -0.744 e. The summed E-state index contributed by atoms with van der Waals surface area (Å²) in [5.41, 5.74) is 2.94. The van der Waals surface area contributed by atoms with E-state index in [0.717, 1.165) is 55.6 Å². The normalized spacial score (nSPS) is 12.7. The third-order valence-corrected chi connectivity index (χ3v) is 13.9. The second kappa shape index (κ2) is 30.1. The molecule has 0 aromatic heterocycles. The summed E-state index contributed by atoms with van der Waals surface area (Å²) in [5.74, 6) is 0.727. The van der Waals surface area contributed by atoms with E-state index < -0.39 is 22.3 Å². The molecule has 2 unspecified atom stereocenters. The predicted molar refractivity (Wildman–Crippen MR) is 260 cm³/mol. The summed E-state index contributed by atoms with van der Waals surface area (Å²) < 4.78 is 44.4. The second-order valence-corrected chi connectivity index (χ2v) is 19.5. The highest BCUT2D eigenvalue weighted by atomic mass is 32.2. The van der Waals surface area contributed by atoms with Crippen molar-refractivity contribution >= 4 is 21.9 Å². The first-order valence-electron chi connectivity index (χ1n) is 24.0. The van der Waals surface area contributed by atoms with Crippen molar-refractivity contribution in [3.63, 3.8) is 0 Å². The van der Waals surface area contributed by atoms with Crippen LogP contribution in [0.4, 0.5) is 0 Å². The molecule has 0 fully saturated rings. The van der Waals surface area contributed by atoms with E-state index in [4.69, 9.17) is 9.84 Å². The van der Waals surface area contributed by atoms with Crippen LogP contribution in [-0.2, 0) is 10.1 Å². The zero-order valence-electron chi connectivity index (χ0n) is 39.1. The summed E-state index contributed by atoms with van der Waals surface area (Å²) >= 11 is 1.19. The van der Waals surface area contributed by atoms with Crippen LogP contribution >= 0.6 is 11.8 Å². The molecule has 0 aliphatic carbocycles. The Kier molecular flexibility index (Phi) is 25.8. The van der Waals surface area contributed by atoms with Crippen LogP contribution in [0.1, 0.15) is 166 Å². The maximum atomic E-state index is 12.4. The highest BCUT2D eigenvalue weighted by Gasteiger charge is 2.25. The fraction of sp³-hybridized carbons (Fsp3) is 0.547. The van der Waals surface area contributed by atoms with Crippen LogP contribution in [0.3, 0.4) is 0 Å². The van der Waals surface area contributed by atoms with Gasteiger partial charge in [-0.1, -0.05) is 159 Å². The van der Waals surface area contributed by atoms with Gasteiger partial charge in [0, 0.05) is 16.4 Å².